The molecule has 2 aromatic carbocycles. The molecule has 9 nitrogen and oxygen atoms in total. The summed E-state index contributed by atoms with van der Waals surface area (Å²) < 4.78 is 13.5. The van der Waals surface area contributed by atoms with E-state index in [1.165, 1.54) is 23.2 Å². The predicted octanol–water partition coefficient (Wildman–Crippen LogP) is 7.12. The summed E-state index contributed by atoms with van der Waals surface area (Å²) in [6.07, 6.45) is 7.91. The average molecular weight is 706 g/mol. The third kappa shape index (κ3) is 7.23. The molecule has 276 valence electrons. The van der Waals surface area contributed by atoms with E-state index >= 15 is 0 Å². The predicted molar refractivity (Wildman–Crippen MR) is 207 cm³/mol. The van der Waals surface area contributed by atoms with Crippen molar-refractivity contribution in [1.29, 1.82) is 5.26 Å². The Balaban J connectivity index is 1.13. The minimum Gasteiger partial charge on any atom is -0.496 e. The fourth-order valence-electron chi connectivity index (χ4n) is 8.54. The van der Waals surface area contributed by atoms with Crippen LogP contribution in [0.5, 0.6) is 11.5 Å². The van der Waals surface area contributed by atoms with Gasteiger partial charge >= 0.3 is 0 Å². The van der Waals surface area contributed by atoms with Crippen molar-refractivity contribution in [3.05, 3.63) is 86.3 Å². The Kier molecular flexibility index (Phi) is 10.4. The van der Waals surface area contributed by atoms with E-state index in [0.29, 0.717) is 6.54 Å². The van der Waals surface area contributed by atoms with Gasteiger partial charge in [0.05, 0.1) is 25.8 Å². The molecule has 9 heteroatoms. The van der Waals surface area contributed by atoms with Crippen LogP contribution in [0.25, 0.3) is 11.1 Å². The molecule has 0 saturated carbocycles. The lowest BCUT2D eigenvalue weighted by atomic mass is 9.77. The Morgan fingerprint density at radius 1 is 1.00 bits per heavy atom. The number of nitriles is 1. The first kappa shape index (κ1) is 37.2. The van der Waals surface area contributed by atoms with Gasteiger partial charge in [0, 0.05) is 56.2 Å². The molecule has 0 bridgehead atoms. The normalized spacial score (nSPS) is 19.1. The van der Waals surface area contributed by atoms with Crippen molar-refractivity contribution in [2.45, 2.75) is 79.8 Å². The molecule has 3 aromatic rings. The number of aryl methyl sites for hydroxylation is 1. The van der Waals surface area contributed by atoms with Gasteiger partial charge in [0.2, 0.25) is 0 Å². The van der Waals surface area contributed by atoms with Gasteiger partial charge in [-0.1, -0.05) is 32.9 Å². The topological polar surface area (TPSA) is 91.0 Å². The highest BCUT2D eigenvalue weighted by atomic mass is 16.5. The van der Waals surface area contributed by atoms with E-state index in [2.05, 4.69) is 53.1 Å². The van der Waals surface area contributed by atoms with Gasteiger partial charge in [0.25, 0.3) is 11.5 Å². The number of fused-ring (bicyclic) bond motifs is 1. The number of allylic oxidation sites excluding steroid dienone is 1. The first-order valence-corrected chi connectivity index (χ1v) is 18.6. The summed E-state index contributed by atoms with van der Waals surface area (Å²) >= 11 is 0. The maximum Gasteiger partial charge on any atom is 0.264 e. The SMILES string of the molecule is COc1cc(-c2cn(C)c(=O)c(C)c2C)cc(OC)c1CN1CCC2(CC1)CCN(c1ccc3c(c1)C(C)N(C(=O)C(C#N)=CC(C)(C)C)CC3)C2. The van der Waals surface area contributed by atoms with Gasteiger partial charge < -0.3 is 23.8 Å². The van der Waals surface area contributed by atoms with E-state index < -0.39 is 0 Å². The largest absolute Gasteiger partial charge is 0.496 e. The Morgan fingerprint density at radius 3 is 2.27 bits per heavy atom. The van der Waals surface area contributed by atoms with Gasteiger partial charge in [-0.3, -0.25) is 14.5 Å². The average Bonchev–Trinajstić information content (AvgIpc) is 3.55. The first-order valence-electron chi connectivity index (χ1n) is 18.6. The minimum absolute atomic E-state index is 0.0163. The number of piperidine rings is 1. The van der Waals surface area contributed by atoms with Gasteiger partial charge in [-0.05, 0) is 117 Å². The third-order valence-electron chi connectivity index (χ3n) is 11.8. The van der Waals surface area contributed by atoms with Gasteiger partial charge in [-0.25, -0.2) is 0 Å². The summed E-state index contributed by atoms with van der Waals surface area (Å²) in [5.74, 6) is 1.42. The van der Waals surface area contributed by atoms with Crippen LogP contribution in [0.4, 0.5) is 5.69 Å². The number of amides is 1. The number of anilines is 1. The molecule has 0 radical (unpaired) electrons. The Bertz CT molecular complexity index is 1960. The van der Waals surface area contributed by atoms with Crippen LogP contribution in [0, 0.1) is 36.0 Å². The van der Waals surface area contributed by atoms with E-state index in [4.69, 9.17) is 9.47 Å². The maximum absolute atomic E-state index is 13.5. The van der Waals surface area contributed by atoms with Gasteiger partial charge in [0.1, 0.15) is 23.1 Å². The van der Waals surface area contributed by atoms with E-state index in [-0.39, 0.29) is 33.9 Å². The second kappa shape index (κ2) is 14.5. The van der Waals surface area contributed by atoms with Crippen LogP contribution in [0.1, 0.15) is 80.8 Å². The molecule has 1 unspecified atom stereocenters. The molecule has 0 N–H and O–H groups in total. The zero-order valence-corrected chi connectivity index (χ0v) is 32.6. The van der Waals surface area contributed by atoms with Crippen molar-refractivity contribution in [2.75, 3.05) is 51.8 Å². The molecule has 52 heavy (non-hydrogen) atoms. The minimum atomic E-state index is -0.247. The van der Waals surface area contributed by atoms with E-state index in [9.17, 15) is 14.9 Å². The fourth-order valence-corrected chi connectivity index (χ4v) is 8.54. The Hall–Kier alpha value is -4.55. The van der Waals surface area contributed by atoms with E-state index in [0.717, 1.165) is 91.3 Å². The number of carbonyl (C=O) groups excluding carboxylic acids is 1. The van der Waals surface area contributed by atoms with Crippen LogP contribution in [0.3, 0.4) is 0 Å². The summed E-state index contributed by atoms with van der Waals surface area (Å²) in [6, 6.07) is 13.0. The molecular formula is C43H55N5O4. The highest BCUT2D eigenvalue weighted by molar-refractivity contribution is 5.97. The standard InChI is InChI=1S/C43H55N5O4/c1-28-29(2)40(49)45(7)25-36(28)32-20-38(51-8)37(39(21-32)52-9)26-46-17-13-43(14-18-46)15-19-47(27-43)34-11-10-31-12-16-48(30(3)35(31)22-34)41(50)33(24-44)23-42(4,5)6/h10-11,20-23,25,30H,12-19,26-27H2,1-9H3. The summed E-state index contributed by atoms with van der Waals surface area (Å²) in [5.41, 5.74) is 8.70. The van der Waals surface area contributed by atoms with Crippen LogP contribution < -0.4 is 19.9 Å². The number of hydrogen-bond acceptors (Lipinski definition) is 7. The number of methoxy groups -OCH3 is 2. The molecular weight excluding hydrogens is 651 g/mol. The third-order valence-corrected chi connectivity index (χ3v) is 11.8. The molecule has 3 aliphatic rings. The Labute approximate surface area is 309 Å². The van der Waals surface area contributed by atoms with Gasteiger partial charge in [0.15, 0.2) is 0 Å². The second-order valence-corrected chi connectivity index (χ2v) is 16.4. The highest BCUT2D eigenvalue weighted by Gasteiger charge is 2.41. The lowest BCUT2D eigenvalue weighted by Gasteiger charge is -2.40. The van der Waals surface area contributed by atoms with Crippen LogP contribution in [-0.2, 0) is 24.8 Å². The monoisotopic (exact) mass is 705 g/mol. The Morgan fingerprint density at radius 2 is 1.65 bits per heavy atom. The molecule has 1 atom stereocenters. The van der Waals surface area contributed by atoms with E-state index in [1.54, 1.807) is 31.9 Å². The summed E-state index contributed by atoms with van der Waals surface area (Å²) in [4.78, 5) is 32.9. The van der Waals surface area contributed by atoms with Crippen molar-refractivity contribution in [2.24, 2.45) is 17.9 Å². The number of carbonyl (C=O) groups is 1. The number of rotatable bonds is 7. The summed E-state index contributed by atoms with van der Waals surface area (Å²) in [6.45, 7) is 17.4. The van der Waals surface area contributed by atoms with Crippen LogP contribution >= 0.6 is 0 Å². The zero-order chi connectivity index (χ0) is 37.5. The second-order valence-electron chi connectivity index (χ2n) is 16.4. The molecule has 3 aliphatic heterocycles. The fraction of sp³-hybridized carbons (Fsp3) is 0.512. The number of pyridine rings is 1. The van der Waals surface area contributed by atoms with Crippen LogP contribution in [-0.4, -0.2) is 67.2 Å². The molecule has 4 heterocycles. The molecule has 2 fully saturated rings. The van der Waals surface area contributed by atoms with Crippen molar-refractivity contribution < 1.29 is 14.3 Å². The highest BCUT2D eigenvalue weighted by Crippen LogP contribution is 2.44. The molecule has 2 saturated heterocycles. The van der Waals surface area contributed by atoms with E-state index in [1.807, 2.05) is 45.7 Å². The smallest absolute Gasteiger partial charge is 0.264 e. The number of ether oxygens (including phenoxy) is 2. The number of nitrogens with zero attached hydrogens (tertiary/aromatic N) is 5. The molecule has 6 rings (SSSR count). The van der Waals surface area contributed by atoms with Gasteiger partial charge in [-0.15, -0.1) is 0 Å². The number of aromatic nitrogens is 1. The van der Waals surface area contributed by atoms with Gasteiger partial charge in [-0.2, -0.15) is 5.26 Å². The molecule has 1 spiro atoms. The van der Waals surface area contributed by atoms with Crippen molar-refractivity contribution in [1.82, 2.24) is 14.4 Å². The summed E-state index contributed by atoms with van der Waals surface area (Å²) in [5, 5.41) is 9.80. The number of likely N-dealkylation sites (tertiary alicyclic amines) is 1. The van der Waals surface area contributed by atoms with Crippen molar-refractivity contribution in [3.8, 4) is 28.7 Å². The van der Waals surface area contributed by atoms with Crippen molar-refractivity contribution >= 4 is 11.6 Å². The zero-order valence-electron chi connectivity index (χ0n) is 32.6. The van der Waals surface area contributed by atoms with Crippen LogP contribution in [0.2, 0.25) is 0 Å². The van der Waals surface area contributed by atoms with Crippen molar-refractivity contribution in [3.63, 3.8) is 0 Å². The number of benzene rings is 2. The number of hydrogen-bond donors (Lipinski definition) is 0. The lowest BCUT2D eigenvalue weighted by Crippen LogP contribution is -2.41. The quantitative estimate of drug-likeness (QED) is 0.191. The lowest BCUT2D eigenvalue weighted by molar-refractivity contribution is -0.129. The first-order chi connectivity index (χ1) is 24.7. The molecule has 0 aliphatic carbocycles. The maximum atomic E-state index is 13.5. The molecule has 1 amide bonds. The summed E-state index contributed by atoms with van der Waals surface area (Å²) in [7, 11) is 5.21. The van der Waals surface area contributed by atoms with Crippen LogP contribution in [0.15, 0.2) is 53.0 Å². The molecule has 1 aromatic heterocycles.